The van der Waals surface area contributed by atoms with Gasteiger partial charge in [-0.3, -0.25) is 9.59 Å². The fourth-order valence-electron chi connectivity index (χ4n) is 4.47. The SMILES string of the molecule is Cc1cccc(Cn2cc(/C=C3/NC(=O)N(CC(=O)Nc4cccc(C)c4)C3=O)c3ccccc32)c1. The highest BCUT2D eigenvalue weighted by Crippen LogP contribution is 2.26. The first-order valence-electron chi connectivity index (χ1n) is 11.7. The minimum atomic E-state index is -0.617. The molecule has 0 aliphatic carbocycles. The smallest absolute Gasteiger partial charge is 0.329 e. The molecule has 0 bridgehead atoms. The van der Waals surface area contributed by atoms with Crippen LogP contribution in [0.15, 0.2) is 84.7 Å². The van der Waals surface area contributed by atoms with E-state index < -0.39 is 17.8 Å². The van der Waals surface area contributed by atoms with E-state index in [-0.39, 0.29) is 12.2 Å². The summed E-state index contributed by atoms with van der Waals surface area (Å²) in [6, 6.07) is 23.0. The number of nitrogens with one attached hydrogen (secondary N) is 2. The summed E-state index contributed by atoms with van der Waals surface area (Å²) in [7, 11) is 0. The Labute approximate surface area is 209 Å². The average Bonchev–Trinajstić information content (AvgIpc) is 3.31. The third-order valence-electron chi connectivity index (χ3n) is 6.12. The van der Waals surface area contributed by atoms with E-state index in [1.54, 1.807) is 12.1 Å². The van der Waals surface area contributed by atoms with Gasteiger partial charge in [0.25, 0.3) is 5.91 Å². The molecule has 1 fully saturated rings. The molecule has 4 aromatic rings. The second-order valence-corrected chi connectivity index (χ2v) is 9.02. The standard InChI is InChI=1S/C29H26N4O3/c1-19-7-5-9-21(13-19)16-32-17-22(24-11-3-4-12-26(24)32)15-25-28(35)33(29(36)31-25)18-27(34)30-23-10-6-8-20(2)14-23/h3-15,17H,16,18H2,1-2H3,(H,30,34)(H,31,36)/b25-15+. The molecule has 5 rings (SSSR count). The molecule has 4 amide bonds. The molecule has 3 aromatic carbocycles. The Morgan fingerprint density at radius 2 is 1.69 bits per heavy atom. The summed E-state index contributed by atoms with van der Waals surface area (Å²) in [6.07, 6.45) is 3.65. The summed E-state index contributed by atoms with van der Waals surface area (Å²) < 4.78 is 2.13. The zero-order valence-corrected chi connectivity index (χ0v) is 20.1. The summed E-state index contributed by atoms with van der Waals surface area (Å²) in [5.74, 6) is -0.977. The number of rotatable bonds is 6. The number of carbonyl (C=O) groups is 3. The van der Waals surface area contributed by atoms with E-state index in [2.05, 4.69) is 40.3 Å². The van der Waals surface area contributed by atoms with Gasteiger partial charge in [0.05, 0.1) is 0 Å². The summed E-state index contributed by atoms with van der Waals surface area (Å²) in [5.41, 5.74) is 5.95. The first-order valence-corrected chi connectivity index (χ1v) is 11.7. The Hall–Kier alpha value is -4.65. The summed E-state index contributed by atoms with van der Waals surface area (Å²) in [6.45, 7) is 4.29. The van der Waals surface area contributed by atoms with Crippen LogP contribution in [0.5, 0.6) is 0 Å². The quantitative estimate of drug-likeness (QED) is 0.307. The number of anilines is 1. The van der Waals surface area contributed by atoms with Crippen molar-refractivity contribution in [3.8, 4) is 0 Å². The van der Waals surface area contributed by atoms with E-state index in [4.69, 9.17) is 0 Å². The molecule has 0 atom stereocenters. The number of aryl methyl sites for hydroxylation is 2. The molecule has 0 spiro atoms. The molecule has 180 valence electrons. The lowest BCUT2D eigenvalue weighted by Crippen LogP contribution is -2.38. The fraction of sp³-hybridized carbons (Fsp3) is 0.138. The molecule has 1 aliphatic rings. The van der Waals surface area contributed by atoms with Crippen molar-refractivity contribution in [3.05, 3.63) is 107 Å². The van der Waals surface area contributed by atoms with Crippen LogP contribution in [0.3, 0.4) is 0 Å². The topological polar surface area (TPSA) is 83.4 Å². The largest absolute Gasteiger partial charge is 0.342 e. The minimum absolute atomic E-state index is 0.141. The molecule has 7 heteroatoms. The molecule has 1 saturated heterocycles. The van der Waals surface area contributed by atoms with Crippen molar-refractivity contribution in [2.45, 2.75) is 20.4 Å². The Morgan fingerprint density at radius 1 is 0.944 bits per heavy atom. The first-order chi connectivity index (χ1) is 17.4. The van der Waals surface area contributed by atoms with Gasteiger partial charge in [0.1, 0.15) is 12.2 Å². The van der Waals surface area contributed by atoms with Crippen molar-refractivity contribution in [2.75, 3.05) is 11.9 Å². The first kappa shape index (κ1) is 23.1. The van der Waals surface area contributed by atoms with Gasteiger partial charge in [-0.2, -0.15) is 0 Å². The Kier molecular flexibility index (Phi) is 6.12. The van der Waals surface area contributed by atoms with Crippen molar-refractivity contribution in [1.29, 1.82) is 0 Å². The number of amides is 4. The maximum atomic E-state index is 13.0. The van der Waals surface area contributed by atoms with Crippen LogP contribution in [-0.2, 0) is 16.1 Å². The molecule has 0 unspecified atom stereocenters. The number of aromatic nitrogens is 1. The van der Waals surface area contributed by atoms with E-state index in [0.29, 0.717) is 12.2 Å². The number of benzene rings is 3. The minimum Gasteiger partial charge on any atom is -0.342 e. The van der Waals surface area contributed by atoms with Gasteiger partial charge in [0, 0.05) is 34.9 Å². The van der Waals surface area contributed by atoms with Crippen molar-refractivity contribution in [3.63, 3.8) is 0 Å². The van der Waals surface area contributed by atoms with Crippen LogP contribution in [0.25, 0.3) is 17.0 Å². The number of para-hydroxylation sites is 1. The van der Waals surface area contributed by atoms with Gasteiger partial charge in [-0.05, 0) is 49.2 Å². The second kappa shape index (κ2) is 9.54. The number of hydrogen-bond acceptors (Lipinski definition) is 3. The number of urea groups is 1. The Bertz CT molecular complexity index is 1530. The van der Waals surface area contributed by atoms with Crippen LogP contribution in [-0.4, -0.2) is 33.9 Å². The third kappa shape index (κ3) is 4.77. The number of hydrogen-bond donors (Lipinski definition) is 2. The highest BCUT2D eigenvalue weighted by Gasteiger charge is 2.35. The molecule has 2 N–H and O–H groups in total. The van der Waals surface area contributed by atoms with E-state index in [9.17, 15) is 14.4 Å². The van der Waals surface area contributed by atoms with E-state index in [1.807, 2.05) is 61.7 Å². The van der Waals surface area contributed by atoms with Crippen molar-refractivity contribution < 1.29 is 14.4 Å². The summed E-state index contributed by atoms with van der Waals surface area (Å²) >= 11 is 0. The molecule has 36 heavy (non-hydrogen) atoms. The lowest BCUT2D eigenvalue weighted by molar-refractivity contribution is -0.127. The summed E-state index contributed by atoms with van der Waals surface area (Å²) in [4.78, 5) is 39.0. The third-order valence-corrected chi connectivity index (χ3v) is 6.12. The van der Waals surface area contributed by atoms with Crippen LogP contribution in [0.4, 0.5) is 10.5 Å². The Morgan fingerprint density at radius 3 is 2.47 bits per heavy atom. The van der Waals surface area contributed by atoms with Crippen molar-refractivity contribution in [2.24, 2.45) is 0 Å². The van der Waals surface area contributed by atoms with Crippen molar-refractivity contribution in [1.82, 2.24) is 14.8 Å². The maximum absolute atomic E-state index is 13.0. The Balaban J connectivity index is 1.38. The van der Waals surface area contributed by atoms with E-state index in [0.717, 1.165) is 26.9 Å². The van der Waals surface area contributed by atoms with E-state index >= 15 is 0 Å². The van der Waals surface area contributed by atoms with Gasteiger partial charge in [0.15, 0.2) is 0 Å². The normalized spacial score (nSPS) is 14.5. The molecule has 0 saturated carbocycles. The molecular formula is C29H26N4O3. The summed E-state index contributed by atoms with van der Waals surface area (Å²) in [5, 5.41) is 6.32. The van der Waals surface area contributed by atoms with Crippen LogP contribution in [0.2, 0.25) is 0 Å². The number of carbonyl (C=O) groups excluding carboxylic acids is 3. The van der Waals surface area contributed by atoms with Gasteiger partial charge in [0.2, 0.25) is 5.91 Å². The van der Waals surface area contributed by atoms with Gasteiger partial charge in [-0.25, -0.2) is 9.69 Å². The van der Waals surface area contributed by atoms with Gasteiger partial charge in [-0.1, -0.05) is 60.2 Å². The van der Waals surface area contributed by atoms with Crippen LogP contribution < -0.4 is 10.6 Å². The predicted octanol–water partition coefficient (Wildman–Crippen LogP) is 4.84. The highest BCUT2D eigenvalue weighted by molar-refractivity contribution is 6.16. The second-order valence-electron chi connectivity index (χ2n) is 9.02. The fourth-order valence-corrected chi connectivity index (χ4v) is 4.47. The molecule has 7 nitrogen and oxygen atoms in total. The van der Waals surface area contributed by atoms with Gasteiger partial charge >= 0.3 is 6.03 Å². The molecule has 0 radical (unpaired) electrons. The number of imide groups is 1. The number of fused-ring (bicyclic) bond motifs is 1. The highest BCUT2D eigenvalue weighted by atomic mass is 16.2. The van der Waals surface area contributed by atoms with Gasteiger partial charge in [-0.15, -0.1) is 0 Å². The maximum Gasteiger partial charge on any atom is 0.329 e. The average molecular weight is 479 g/mol. The molecule has 1 aromatic heterocycles. The van der Waals surface area contributed by atoms with Crippen LogP contribution in [0.1, 0.15) is 22.3 Å². The predicted molar refractivity (Wildman–Crippen MR) is 140 cm³/mol. The number of nitrogens with zero attached hydrogens (tertiary/aromatic N) is 2. The van der Waals surface area contributed by atoms with Crippen LogP contribution in [0, 0.1) is 13.8 Å². The zero-order chi connectivity index (χ0) is 25.2. The zero-order valence-electron chi connectivity index (χ0n) is 20.1. The lowest BCUT2D eigenvalue weighted by Gasteiger charge is -2.12. The van der Waals surface area contributed by atoms with Crippen LogP contribution >= 0.6 is 0 Å². The molecular weight excluding hydrogens is 452 g/mol. The van der Waals surface area contributed by atoms with Crippen molar-refractivity contribution >= 4 is 40.5 Å². The van der Waals surface area contributed by atoms with Gasteiger partial charge < -0.3 is 15.2 Å². The molecule has 1 aliphatic heterocycles. The molecule has 2 heterocycles. The van der Waals surface area contributed by atoms with E-state index in [1.165, 1.54) is 11.1 Å². The lowest BCUT2D eigenvalue weighted by atomic mass is 10.1. The monoisotopic (exact) mass is 478 g/mol.